The highest BCUT2D eigenvalue weighted by Gasteiger charge is 2.25. The van der Waals surface area contributed by atoms with Gasteiger partial charge in [-0.15, -0.1) is 0 Å². The standard InChI is InChI=1S/C9H13NO3/c1-6(11)2-9(13)10-5-7-3-8(12)4-7/h5,7-8,12H,2-4H2,1H3/b10-5+. The fourth-order valence-electron chi connectivity index (χ4n) is 1.20. The van der Waals surface area contributed by atoms with Gasteiger partial charge in [-0.05, 0) is 25.7 Å². The largest absolute Gasteiger partial charge is 0.393 e. The summed E-state index contributed by atoms with van der Waals surface area (Å²) < 4.78 is 0. The van der Waals surface area contributed by atoms with Gasteiger partial charge < -0.3 is 5.11 Å². The van der Waals surface area contributed by atoms with Crippen molar-refractivity contribution in [2.45, 2.75) is 32.3 Å². The zero-order chi connectivity index (χ0) is 9.84. The molecular weight excluding hydrogens is 170 g/mol. The zero-order valence-corrected chi connectivity index (χ0v) is 7.56. The van der Waals surface area contributed by atoms with Gasteiger partial charge >= 0.3 is 0 Å². The van der Waals surface area contributed by atoms with E-state index in [1.165, 1.54) is 13.1 Å². The van der Waals surface area contributed by atoms with Crippen molar-refractivity contribution in [1.29, 1.82) is 0 Å². The van der Waals surface area contributed by atoms with E-state index < -0.39 is 5.91 Å². The van der Waals surface area contributed by atoms with E-state index in [9.17, 15) is 9.59 Å². The van der Waals surface area contributed by atoms with E-state index in [0.29, 0.717) is 12.8 Å². The van der Waals surface area contributed by atoms with Crippen molar-refractivity contribution in [3.8, 4) is 0 Å². The summed E-state index contributed by atoms with van der Waals surface area (Å²) in [6.07, 6.45) is 2.54. The highest BCUT2D eigenvalue weighted by Crippen LogP contribution is 2.24. The molecule has 0 spiro atoms. The van der Waals surface area contributed by atoms with Gasteiger partial charge in [-0.1, -0.05) is 0 Å². The minimum atomic E-state index is -0.395. The number of rotatable bonds is 3. The molecule has 0 bridgehead atoms. The van der Waals surface area contributed by atoms with Gasteiger partial charge in [-0.3, -0.25) is 9.59 Å². The van der Waals surface area contributed by atoms with Gasteiger partial charge in [-0.25, -0.2) is 4.99 Å². The van der Waals surface area contributed by atoms with Crippen molar-refractivity contribution in [3.05, 3.63) is 0 Å². The Morgan fingerprint density at radius 2 is 2.15 bits per heavy atom. The molecule has 72 valence electrons. The summed E-state index contributed by atoms with van der Waals surface area (Å²) in [5.41, 5.74) is 0. The Morgan fingerprint density at radius 3 is 2.62 bits per heavy atom. The molecule has 1 saturated carbocycles. The lowest BCUT2D eigenvalue weighted by Crippen LogP contribution is -2.29. The van der Waals surface area contributed by atoms with E-state index in [1.807, 2.05) is 0 Å². The molecule has 0 atom stereocenters. The van der Waals surface area contributed by atoms with Gasteiger partial charge in [0.1, 0.15) is 5.78 Å². The van der Waals surface area contributed by atoms with E-state index in [1.54, 1.807) is 0 Å². The number of aliphatic hydroxyl groups is 1. The minimum absolute atomic E-state index is 0.119. The second kappa shape index (κ2) is 4.28. The van der Waals surface area contributed by atoms with Crippen LogP contribution in [0.2, 0.25) is 0 Å². The van der Waals surface area contributed by atoms with Crippen molar-refractivity contribution >= 4 is 17.9 Å². The summed E-state index contributed by atoms with van der Waals surface area (Å²) in [7, 11) is 0. The van der Waals surface area contributed by atoms with E-state index >= 15 is 0 Å². The molecule has 0 aromatic heterocycles. The average Bonchev–Trinajstić information content (AvgIpc) is 1.94. The molecular formula is C9H13NO3. The van der Waals surface area contributed by atoms with Crippen LogP contribution in [0.15, 0.2) is 4.99 Å². The maximum Gasteiger partial charge on any atom is 0.252 e. The molecule has 0 aliphatic heterocycles. The van der Waals surface area contributed by atoms with Gasteiger partial charge in [0.25, 0.3) is 5.91 Å². The first-order chi connectivity index (χ1) is 6.08. The summed E-state index contributed by atoms with van der Waals surface area (Å²) in [5.74, 6) is -0.351. The molecule has 1 aliphatic carbocycles. The first kappa shape index (κ1) is 10.1. The second-order valence-electron chi connectivity index (χ2n) is 3.44. The molecule has 1 amide bonds. The smallest absolute Gasteiger partial charge is 0.252 e. The van der Waals surface area contributed by atoms with Gasteiger partial charge in [0.05, 0.1) is 12.5 Å². The summed E-state index contributed by atoms with van der Waals surface area (Å²) in [5, 5.41) is 8.93. The Kier molecular flexibility index (Phi) is 3.31. The van der Waals surface area contributed by atoms with Crippen LogP contribution in [-0.2, 0) is 9.59 Å². The number of ketones is 1. The number of carbonyl (C=O) groups excluding carboxylic acids is 2. The minimum Gasteiger partial charge on any atom is -0.393 e. The van der Waals surface area contributed by atoms with E-state index in [-0.39, 0.29) is 24.2 Å². The molecule has 1 N–H and O–H groups in total. The first-order valence-corrected chi connectivity index (χ1v) is 4.32. The molecule has 0 saturated heterocycles. The van der Waals surface area contributed by atoms with Crippen molar-refractivity contribution in [3.63, 3.8) is 0 Å². The van der Waals surface area contributed by atoms with E-state index in [4.69, 9.17) is 5.11 Å². The van der Waals surface area contributed by atoms with Gasteiger partial charge in [-0.2, -0.15) is 0 Å². The quantitative estimate of drug-likeness (QED) is 0.506. The predicted octanol–water partition coefficient (Wildman–Crippen LogP) is 0.334. The number of hydrogen-bond donors (Lipinski definition) is 1. The third-order valence-corrected chi connectivity index (χ3v) is 1.98. The predicted molar refractivity (Wildman–Crippen MR) is 47.5 cm³/mol. The molecule has 0 radical (unpaired) electrons. The molecule has 0 aromatic carbocycles. The van der Waals surface area contributed by atoms with Crippen LogP contribution in [0.5, 0.6) is 0 Å². The monoisotopic (exact) mass is 183 g/mol. The summed E-state index contributed by atoms with van der Waals surface area (Å²) >= 11 is 0. The van der Waals surface area contributed by atoms with Crippen LogP contribution in [0.3, 0.4) is 0 Å². The van der Waals surface area contributed by atoms with Crippen LogP contribution in [0.25, 0.3) is 0 Å². The van der Waals surface area contributed by atoms with Crippen LogP contribution in [-0.4, -0.2) is 29.1 Å². The molecule has 0 unspecified atom stereocenters. The van der Waals surface area contributed by atoms with E-state index in [2.05, 4.69) is 4.99 Å². The summed E-state index contributed by atoms with van der Waals surface area (Å²) in [6.45, 7) is 1.36. The highest BCUT2D eigenvalue weighted by molar-refractivity contribution is 5.99. The Balaban J connectivity index is 2.23. The number of carbonyl (C=O) groups is 2. The number of hydrogen-bond acceptors (Lipinski definition) is 3. The lowest BCUT2D eigenvalue weighted by atomic mass is 9.83. The van der Waals surface area contributed by atoms with Crippen molar-refractivity contribution < 1.29 is 14.7 Å². The van der Waals surface area contributed by atoms with Gasteiger partial charge in [0, 0.05) is 6.21 Å². The summed E-state index contributed by atoms with van der Waals surface area (Å²) in [6, 6.07) is 0. The Hall–Kier alpha value is -1.03. The third-order valence-electron chi connectivity index (χ3n) is 1.98. The molecule has 0 heterocycles. The first-order valence-electron chi connectivity index (χ1n) is 4.32. The maximum absolute atomic E-state index is 10.9. The van der Waals surface area contributed by atoms with Crippen LogP contribution in [0, 0.1) is 5.92 Å². The normalized spacial score (nSPS) is 27.2. The second-order valence-corrected chi connectivity index (χ2v) is 3.44. The van der Waals surface area contributed by atoms with E-state index in [0.717, 1.165) is 0 Å². The zero-order valence-electron chi connectivity index (χ0n) is 7.56. The number of Topliss-reactive ketones (excluding diaryl/α,β-unsaturated/α-hetero) is 1. The number of aliphatic hydroxyl groups excluding tert-OH is 1. The Morgan fingerprint density at radius 1 is 1.54 bits per heavy atom. The molecule has 1 fully saturated rings. The van der Waals surface area contributed by atoms with Crippen LogP contribution >= 0.6 is 0 Å². The fraction of sp³-hybridized carbons (Fsp3) is 0.667. The van der Waals surface area contributed by atoms with Crippen LogP contribution in [0.1, 0.15) is 26.2 Å². The van der Waals surface area contributed by atoms with Crippen molar-refractivity contribution in [2.24, 2.45) is 10.9 Å². The SMILES string of the molecule is CC(=O)CC(=O)/N=C/C1CC(O)C1. The number of aliphatic imine (C=N–C) groups is 1. The molecule has 4 nitrogen and oxygen atoms in total. The van der Waals surface area contributed by atoms with Gasteiger partial charge in [0.2, 0.25) is 0 Å². The molecule has 1 rings (SSSR count). The lowest BCUT2D eigenvalue weighted by molar-refractivity contribution is -0.125. The molecule has 0 aromatic rings. The molecule has 13 heavy (non-hydrogen) atoms. The Labute approximate surface area is 76.7 Å². The molecule has 1 aliphatic rings. The highest BCUT2D eigenvalue weighted by atomic mass is 16.3. The fourth-order valence-corrected chi connectivity index (χ4v) is 1.20. The van der Waals surface area contributed by atoms with Gasteiger partial charge in [0.15, 0.2) is 0 Å². The van der Waals surface area contributed by atoms with Crippen molar-refractivity contribution in [1.82, 2.24) is 0 Å². The third kappa shape index (κ3) is 3.46. The Bertz CT molecular complexity index is 241. The van der Waals surface area contributed by atoms with Crippen molar-refractivity contribution in [2.75, 3.05) is 0 Å². The topological polar surface area (TPSA) is 66.7 Å². The average molecular weight is 183 g/mol. The maximum atomic E-state index is 10.9. The van der Waals surface area contributed by atoms with Crippen LogP contribution in [0.4, 0.5) is 0 Å². The number of amides is 1. The lowest BCUT2D eigenvalue weighted by Gasteiger charge is -2.27. The molecule has 4 heteroatoms. The number of nitrogens with zero attached hydrogens (tertiary/aromatic N) is 1. The summed E-state index contributed by atoms with van der Waals surface area (Å²) in [4.78, 5) is 25.0. The van der Waals surface area contributed by atoms with Crippen LogP contribution < -0.4 is 0 Å².